The van der Waals surface area contributed by atoms with Gasteiger partial charge in [0, 0.05) is 26.6 Å². The lowest BCUT2D eigenvalue weighted by atomic mass is 9.61. The fourth-order valence-electron chi connectivity index (χ4n) is 3.78. The van der Waals surface area contributed by atoms with E-state index in [9.17, 15) is 24.6 Å². The normalized spacial score (nSPS) is 26.3. The average molecular weight is 424 g/mol. The second-order valence-electron chi connectivity index (χ2n) is 7.40. The first-order chi connectivity index (χ1) is 14.2. The van der Waals surface area contributed by atoms with E-state index in [1.165, 1.54) is 39.3 Å². The summed E-state index contributed by atoms with van der Waals surface area (Å²) in [6.45, 7) is 1.54. The van der Waals surface area contributed by atoms with E-state index in [4.69, 9.17) is 18.9 Å². The Labute approximate surface area is 174 Å². The van der Waals surface area contributed by atoms with Crippen LogP contribution < -0.4 is 0 Å². The number of carbonyl (C=O) groups is 3. The van der Waals surface area contributed by atoms with Crippen molar-refractivity contribution < 1.29 is 43.5 Å². The van der Waals surface area contributed by atoms with Crippen molar-refractivity contribution in [2.24, 2.45) is 11.8 Å². The van der Waals surface area contributed by atoms with Crippen LogP contribution in [-0.4, -0.2) is 74.2 Å². The van der Waals surface area contributed by atoms with Gasteiger partial charge in [-0.1, -0.05) is 12.1 Å². The van der Waals surface area contributed by atoms with Gasteiger partial charge in [-0.05, 0) is 24.6 Å². The lowest BCUT2D eigenvalue weighted by Crippen LogP contribution is -2.55. The Bertz CT molecular complexity index is 759. The largest absolute Gasteiger partial charge is 0.508 e. The molecule has 2 rings (SSSR count). The van der Waals surface area contributed by atoms with Crippen LogP contribution >= 0.6 is 0 Å². The molecular formula is C21H28O9. The number of methoxy groups -OCH3 is 2. The molecule has 1 aromatic carbocycles. The van der Waals surface area contributed by atoms with Gasteiger partial charge in [-0.2, -0.15) is 0 Å². The molecule has 1 saturated carbocycles. The number of phenols is 1. The van der Waals surface area contributed by atoms with Crippen LogP contribution in [0.1, 0.15) is 24.8 Å². The lowest BCUT2D eigenvalue weighted by molar-refractivity contribution is -0.174. The SMILES string of the molecule is COCCOC(=O)C1C(=O)CC(C)(O)C(C(=O)OCCOC)C1c1cccc(O)c1. The maximum Gasteiger partial charge on any atom is 0.317 e. The summed E-state index contributed by atoms with van der Waals surface area (Å²) in [5.41, 5.74) is -1.42. The number of esters is 2. The molecule has 0 aliphatic heterocycles. The first-order valence-corrected chi connectivity index (χ1v) is 9.58. The van der Waals surface area contributed by atoms with Crippen molar-refractivity contribution >= 4 is 17.7 Å². The third kappa shape index (κ3) is 5.56. The van der Waals surface area contributed by atoms with Gasteiger partial charge in [0.05, 0.1) is 24.7 Å². The van der Waals surface area contributed by atoms with E-state index in [2.05, 4.69) is 0 Å². The van der Waals surface area contributed by atoms with E-state index in [0.717, 1.165) is 0 Å². The fourth-order valence-corrected chi connectivity index (χ4v) is 3.78. The predicted molar refractivity (Wildman–Crippen MR) is 104 cm³/mol. The maximum absolute atomic E-state index is 12.9. The van der Waals surface area contributed by atoms with Crippen LogP contribution in [0.5, 0.6) is 5.75 Å². The van der Waals surface area contributed by atoms with Gasteiger partial charge in [0.1, 0.15) is 24.9 Å². The van der Waals surface area contributed by atoms with Gasteiger partial charge >= 0.3 is 11.9 Å². The number of hydrogen-bond donors (Lipinski definition) is 2. The fraction of sp³-hybridized carbons (Fsp3) is 0.571. The molecule has 1 aliphatic rings. The molecule has 0 aromatic heterocycles. The van der Waals surface area contributed by atoms with E-state index in [0.29, 0.717) is 5.56 Å². The maximum atomic E-state index is 12.9. The van der Waals surface area contributed by atoms with Crippen LogP contribution in [0.2, 0.25) is 0 Å². The highest BCUT2D eigenvalue weighted by Gasteiger charge is 2.57. The molecule has 0 amide bonds. The monoisotopic (exact) mass is 424 g/mol. The molecule has 1 aliphatic carbocycles. The predicted octanol–water partition coefficient (Wildman–Crippen LogP) is 0.811. The summed E-state index contributed by atoms with van der Waals surface area (Å²) < 4.78 is 20.1. The first-order valence-electron chi connectivity index (χ1n) is 9.58. The van der Waals surface area contributed by atoms with Crippen molar-refractivity contribution in [2.75, 3.05) is 40.6 Å². The summed E-state index contributed by atoms with van der Waals surface area (Å²) in [5.74, 6) is -5.93. The Balaban J connectivity index is 2.47. The standard InChI is InChI=1S/C21H28O9/c1-21(26)12-15(23)17(19(24)29-9-7-27-2)16(13-5-4-6-14(22)11-13)18(21)20(25)30-10-8-28-3/h4-6,11,16-18,22,26H,7-10,12H2,1-3H3. The molecule has 9 nitrogen and oxygen atoms in total. The number of benzene rings is 1. The number of ether oxygens (including phenoxy) is 4. The van der Waals surface area contributed by atoms with E-state index in [-0.39, 0.29) is 32.2 Å². The molecule has 9 heteroatoms. The number of phenolic OH excluding ortho intramolecular Hbond substituents is 1. The minimum Gasteiger partial charge on any atom is -0.508 e. The van der Waals surface area contributed by atoms with Crippen LogP contribution in [0.4, 0.5) is 0 Å². The Morgan fingerprint density at radius 1 is 1.07 bits per heavy atom. The zero-order valence-corrected chi connectivity index (χ0v) is 17.3. The van der Waals surface area contributed by atoms with E-state index in [1.807, 2.05) is 0 Å². The van der Waals surface area contributed by atoms with Gasteiger partial charge in [0.25, 0.3) is 0 Å². The molecule has 1 fully saturated rings. The van der Waals surface area contributed by atoms with Crippen molar-refractivity contribution in [3.8, 4) is 5.75 Å². The molecule has 1 aromatic rings. The van der Waals surface area contributed by atoms with Crippen LogP contribution in [-0.2, 0) is 33.3 Å². The van der Waals surface area contributed by atoms with Crippen molar-refractivity contribution in [1.82, 2.24) is 0 Å². The number of aliphatic hydroxyl groups is 1. The minimum atomic E-state index is -1.76. The summed E-state index contributed by atoms with van der Waals surface area (Å²) in [4.78, 5) is 38.5. The van der Waals surface area contributed by atoms with Gasteiger partial charge in [0.2, 0.25) is 0 Å². The highest BCUT2D eigenvalue weighted by atomic mass is 16.6. The molecule has 0 heterocycles. The average Bonchev–Trinajstić information content (AvgIpc) is 2.66. The van der Waals surface area contributed by atoms with Crippen LogP contribution in [0.15, 0.2) is 24.3 Å². The second kappa shape index (κ2) is 10.5. The molecule has 2 N–H and O–H groups in total. The molecule has 0 saturated heterocycles. The van der Waals surface area contributed by atoms with Gasteiger partial charge in [-0.15, -0.1) is 0 Å². The van der Waals surface area contributed by atoms with Crippen molar-refractivity contribution in [3.05, 3.63) is 29.8 Å². The molecule has 4 unspecified atom stereocenters. The van der Waals surface area contributed by atoms with Crippen molar-refractivity contribution in [2.45, 2.75) is 24.9 Å². The Hall–Kier alpha value is -2.49. The van der Waals surface area contributed by atoms with E-state index >= 15 is 0 Å². The first kappa shape index (κ1) is 23.8. The summed E-state index contributed by atoms with van der Waals surface area (Å²) in [5, 5.41) is 20.9. The Kier molecular flexibility index (Phi) is 8.33. The van der Waals surface area contributed by atoms with Gasteiger partial charge in [0.15, 0.2) is 5.78 Å². The number of aromatic hydroxyl groups is 1. The van der Waals surface area contributed by atoms with Crippen LogP contribution in [0.3, 0.4) is 0 Å². The number of hydrogen-bond acceptors (Lipinski definition) is 9. The molecule has 0 spiro atoms. The Morgan fingerprint density at radius 3 is 2.23 bits per heavy atom. The van der Waals surface area contributed by atoms with Crippen molar-refractivity contribution in [3.63, 3.8) is 0 Å². The smallest absolute Gasteiger partial charge is 0.317 e. The number of carbonyl (C=O) groups excluding carboxylic acids is 3. The van der Waals surface area contributed by atoms with Gasteiger partial charge in [-0.3, -0.25) is 14.4 Å². The lowest BCUT2D eigenvalue weighted by Gasteiger charge is -2.43. The quantitative estimate of drug-likeness (QED) is 0.336. The zero-order valence-electron chi connectivity index (χ0n) is 17.3. The molecule has 0 bridgehead atoms. The van der Waals surface area contributed by atoms with Crippen molar-refractivity contribution in [1.29, 1.82) is 0 Å². The highest BCUT2D eigenvalue weighted by molar-refractivity contribution is 6.02. The Morgan fingerprint density at radius 2 is 1.67 bits per heavy atom. The number of rotatable bonds is 9. The van der Waals surface area contributed by atoms with Gasteiger partial charge < -0.3 is 29.2 Å². The number of ketones is 1. The zero-order chi connectivity index (χ0) is 22.3. The van der Waals surface area contributed by atoms with E-state index in [1.54, 1.807) is 6.07 Å². The highest BCUT2D eigenvalue weighted by Crippen LogP contribution is 2.47. The molecule has 30 heavy (non-hydrogen) atoms. The van der Waals surface area contributed by atoms with Gasteiger partial charge in [-0.25, -0.2) is 0 Å². The summed E-state index contributed by atoms with van der Waals surface area (Å²) >= 11 is 0. The third-order valence-corrected chi connectivity index (χ3v) is 5.09. The summed E-state index contributed by atoms with van der Waals surface area (Å²) in [6, 6.07) is 5.87. The van der Waals surface area contributed by atoms with E-state index < -0.39 is 47.5 Å². The topological polar surface area (TPSA) is 129 Å². The molecule has 4 atom stereocenters. The molecule has 166 valence electrons. The minimum absolute atomic E-state index is 0.0500. The van der Waals surface area contributed by atoms with Crippen LogP contribution in [0, 0.1) is 11.8 Å². The number of Topliss-reactive ketones (excluding diaryl/α,β-unsaturated/α-hetero) is 1. The molecule has 0 radical (unpaired) electrons. The second-order valence-corrected chi connectivity index (χ2v) is 7.40. The summed E-state index contributed by atoms with van der Waals surface area (Å²) in [7, 11) is 2.89. The van der Waals surface area contributed by atoms with Crippen LogP contribution in [0.25, 0.3) is 0 Å². The summed E-state index contributed by atoms with van der Waals surface area (Å²) in [6.07, 6.45) is -0.420. The third-order valence-electron chi connectivity index (χ3n) is 5.09. The molecular weight excluding hydrogens is 396 g/mol.